The minimum atomic E-state index is -1.16. The second-order valence-electron chi connectivity index (χ2n) is 2.72. The molecule has 6 nitrogen and oxygen atoms in total. The first-order chi connectivity index (χ1) is 7.01. The summed E-state index contributed by atoms with van der Waals surface area (Å²) in [5.41, 5.74) is 0. The molecule has 0 spiro atoms. The summed E-state index contributed by atoms with van der Waals surface area (Å²) in [6, 6.07) is 0.774. The number of nitrogens with zero attached hydrogens (tertiary/aromatic N) is 1. The highest BCUT2D eigenvalue weighted by molar-refractivity contribution is 8.00. The summed E-state index contributed by atoms with van der Waals surface area (Å²) in [4.78, 5) is 21.3. The molecule has 0 aromatic heterocycles. The maximum atomic E-state index is 10.7. The van der Waals surface area contributed by atoms with Crippen molar-refractivity contribution in [2.45, 2.75) is 18.2 Å². The fourth-order valence-corrected chi connectivity index (χ4v) is 1.59. The summed E-state index contributed by atoms with van der Waals surface area (Å²) in [5.74, 6) is -1.55. The summed E-state index contributed by atoms with van der Waals surface area (Å²) in [7, 11) is 0. The van der Waals surface area contributed by atoms with Crippen molar-refractivity contribution >= 4 is 23.6 Å². The van der Waals surface area contributed by atoms with Gasteiger partial charge in [-0.2, -0.15) is 5.26 Å². The second-order valence-corrected chi connectivity index (χ2v) is 3.96. The van der Waals surface area contributed by atoms with Crippen LogP contribution in [0.1, 0.15) is 6.92 Å². The lowest BCUT2D eigenvalue weighted by molar-refractivity contribution is -0.140. The third kappa shape index (κ3) is 5.93. The van der Waals surface area contributed by atoms with E-state index in [1.54, 1.807) is 6.07 Å². The molecule has 15 heavy (non-hydrogen) atoms. The van der Waals surface area contributed by atoms with Crippen molar-refractivity contribution in [1.82, 2.24) is 5.32 Å². The summed E-state index contributed by atoms with van der Waals surface area (Å²) < 4.78 is 0. The van der Waals surface area contributed by atoms with Crippen LogP contribution in [0.2, 0.25) is 0 Å². The molecule has 1 amide bonds. The number of hydrogen-bond donors (Lipinski definition) is 3. The zero-order valence-electron chi connectivity index (χ0n) is 8.14. The zero-order chi connectivity index (χ0) is 11.8. The van der Waals surface area contributed by atoms with Crippen LogP contribution in [0.4, 0.5) is 0 Å². The Labute approximate surface area is 91.3 Å². The minimum Gasteiger partial charge on any atom is -0.480 e. The second kappa shape index (κ2) is 7.09. The van der Waals surface area contributed by atoms with E-state index in [2.05, 4.69) is 5.32 Å². The number of aliphatic hydroxyl groups excluding tert-OH is 1. The molecule has 0 bridgehead atoms. The van der Waals surface area contributed by atoms with E-state index in [-0.39, 0.29) is 12.4 Å². The molecule has 0 aromatic rings. The Hall–Kier alpha value is -1.26. The first kappa shape index (κ1) is 13.7. The van der Waals surface area contributed by atoms with Crippen LogP contribution in [0, 0.1) is 11.3 Å². The number of carbonyl (C=O) groups is 2. The molecule has 2 unspecified atom stereocenters. The van der Waals surface area contributed by atoms with E-state index < -0.39 is 23.2 Å². The number of carboxylic acid groups (broad SMARTS) is 1. The van der Waals surface area contributed by atoms with Gasteiger partial charge in [-0.1, -0.05) is 0 Å². The van der Waals surface area contributed by atoms with Gasteiger partial charge in [-0.25, -0.2) is 4.79 Å². The van der Waals surface area contributed by atoms with Crippen LogP contribution >= 0.6 is 11.8 Å². The third-order valence-corrected chi connectivity index (χ3v) is 2.63. The Morgan fingerprint density at radius 1 is 1.60 bits per heavy atom. The molecule has 0 radical (unpaired) electrons. The van der Waals surface area contributed by atoms with Gasteiger partial charge in [-0.15, -0.1) is 11.8 Å². The molecule has 0 saturated carbocycles. The highest BCUT2D eigenvalue weighted by Gasteiger charge is 2.20. The van der Waals surface area contributed by atoms with Crippen LogP contribution in [0.3, 0.4) is 0 Å². The minimum absolute atomic E-state index is 0.0493. The zero-order valence-corrected chi connectivity index (χ0v) is 8.95. The molecule has 2 atom stereocenters. The molecule has 0 heterocycles. The number of aliphatic carboxylic acids is 1. The largest absolute Gasteiger partial charge is 0.480 e. The van der Waals surface area contributed by atoms with E-state index in [1.165, 1.54) is 6.92 Å². The monoisotopic (exact) mass is 232 g/mol. The van der Waals surface area contributed by atoms with Crippen molar-refractivity contribution in [2.24, 2.45) is 0 Å². The molecule has 0 aliphatic heterocycles. The Morgan fingerprint density at radius 3 is 2.53 bits per heavy atom. The fourth-order valence-electron chi connectivity index (χ4n) is 0.763. The predicted molar refractivity (Wildman–Crippen MR) is 54.2 cm³/mol. The van der Waals surface area contributed by atoms with Crippen LogP contribution in [-0.4, -0.2) is 45.7 Å². The molecule has 0 saturated heterocycles. The average molecular weight is 232 g/mol. The first-order valence-corrected chi connectivity index (χ1v) is 5.18. The fraction of sp³-hybridized carbons (Fsp3) is 0.625. The molecular formula is C8H12N2O4S. The standard InChI is InChI=1S/C8H12N2O4S/c1-5(12)10-7(8(13)14)4-15-6(2-9)3-11/h6-7,11H,3-4H2,1H3,(H,10,12)(H,13,14). The van der Waals surface area contributed by atoms with Gasteiger partial charge in [-0.05, 0) is 0 Å². The SMILES string of the molecule is CC(=O)NC(CSC(C#N)CO)C(=O)O. The number of hydrogen-bond acceptors (Lipinski definition) is 5. The molecule has 0 aromatic carbocycles. The van der Waals surface area contributed by atoms with Crippen molar-refractivity contribution in [3.05, 3.63) is 0 Å². The van der Waals surface area contributed by atoms with Crippen LogP contribution in [-0.2, 0) is 9.59 Å². The van der Waals surface area contributed by atoms with Crippen LogP contribution in [0.25, 0.3) is 0 Å². The van der Waals surface area contributed by atoms with Gasteiger partial charge >= 0.3 is 5.97 Å². The van der Waals surface area contributed by atoms with Crippen molar-refractivity contribution < 1.29 is 19.8 Å². The van der Waals surface area contributed by atoms with E-state index in [9.17, 15) is 9.59 Å². The van der Waals surface area contributed by atoms with Crippen LogP contribution < -0.4 is 5.32 Å². The number of amides is 1. The Bertz CT molecular complexity index is 276. The van der Waals surface area contributed by atoms with Gasteiger partial charge in [0.1, 0.15) is 11.3 Å². The summed E-state index contributed by atoms with van der Waals surface area (Å²) in [6.45, 7) is 0.877. The number of thioether (sulfide) groups is 1. The van der Waals surface area contributed by atoms with E-state index in [0.29, 0.717) is 0 Å². The lowest BCUT2D eigenvalue weighted by Crippen LogP contribution is -2.41. The summed E-state index contributed by atoms with van der Waals surface area (Å²) in [6.07, 6.45) is 0. The molecule has 84 valence electrons. The van der Waals surface area contributed by atoms with Crippen LogP contribution in [0.5, 0.6) is 0 Å². The van der Waals surface area contributed by atoms with E-state index in [0.717, 1.165) is 11.8 Å². The Balaban J connectivity index is 4.13. The molecule has 0 fully saturated rings. The van der Waals surface area contributed by atoms with E-state index in [4.69, 9.17) is 15.5 Å². The van der Waals surface area contributed by atoms with E-state index in [1.807, 2.05) is 0 Å². The van der Waals surface area contributed by atoms with Gasteiger partial charge in [0.2, 0.25) is 5.91 Å². The lowest BCUT2D eigenvalue weighted by atomic mass is 10.3. The third-order valence-electron chi connectivity index (χ3n) is 1.45. The maximum Gasteiger partial charge on any atom is 0.327 e. The predicted octanol–water partition coefficient (Wildman–Crippen LogP) is -0.807. The number of carboxylic acids is 1. The number of nitrogens with one attached hydrogen (secondary N) is 1. The average Bonchev–Trinajstić information content (AvgIpc) is 2.16. The van der Waals surface area contributed by atoms with Gasteiger partial charge in [-0.3, -0.25) is 4.79 Å². The van der Waals surface area contributed by atoms with Gasteiger partial charge in [0, 0.05) is 12.7 Å². The quantitative estimate of drug-likeness (QED) is 0.552. The Morgan fingerprint density at radius 2 is 2.20 bits per heavy atom. The summed E-state index contributed by atoms with van der Waals surface area (Å²) >= 11 is 0.993. The van der Waals surface area contributed by atoms with Crippen molar-refractivity contribution in [1.29, 1.82) is 5.26 Å². The summed E-state index contributed by atoms with van der Waals surface area (Å²) in [5, 5.41) is 27.4. The number of carbonyl (C=O) groups excluding carboxylic acids is 1. The topological polar surface area (TPSA) is 110 Å². The highest BCUT2D eigenvalue weighted by atomic mass is 32.2. The van der Waals surface area contributed by atoms with Gasteiger partial charge in [0.15, 0.2) is 0 Å². The van der Waals surface area contributed by atoms with Crippen molar-refractivity contribution in [3.8, 4) is 6.07 Å². The molecule has 0 aliphatic rings. The number of rotatable bonds is 6. The molecule has 0 aliphatic carbocycles. The van der Waals surface area contributed by atoms with Crippen molar-refractivity contribution in [2.75, 3.05) is 12.4 Å². The Kier molecular flexibility index (Phi) is 6.49. The first-order valence-electron chi connectivity index (χ1n) is 4.13. The lowest BCUT2D eigenvalue weighted by Gasteiger charge is -2.13. The normalized spacial score (nSPS) is 13.7. The van der Waals surface area contributed by atoms with Gasteiger partial charge in [0.05, 0.1) is 12.7 Å². The van der Waals surface area contributed by atoms with Crippen LogP contribution in [0.15, 0.2) is 0 Å². The van der Waals surface area contributed by atoms with Gasteiger partial charge in [0.25, 0.3) is 0 Å². The molecule has 0 rings (SSSR count). The number of nitriles is 1. The number of aliphatic hydroxyl groups is 1. The smallest absolute Gasteiger partial charge is 0.327 e. The molecule has 3 N–H and O–H groups in total. The highest BCUT2D eigenvalue weighted by Crippen LogP contribution is 2.11. The van der Waals surface area contributed by atoms with E-state index >= 15 is 0 Å². The van der Waals surface area contributed by atoms with Gasteiger partial charge < -0.3 is 15.5 Å². The van der Waals surface area contributed by atoms with Crippen molar-refractivity contribution in [3.63, 3.8) is 0 Å². The molecule has 7 heteroatoms. The molecular weight excluding hydrogens is 220 g/mol. The maximum absolute atomic E-state index is 10.7.